The van der Waals surface area contributed by atoms with Crippen LogP contribution < -0.4 is 0 Å². The first-order valence-corrected chi connectivity index (χ1v) is 13.1. The number of halogens is 2. The summed E-state index contributed by atoms with van der Waals surface area (Å²) >= 11 is 6.51. The molecule has 3 aromatic carbocycles. The Morgan fingerprint density at radius 1 is 1.05 bits per heavy atom. The van der Waals surface area contributed by atoms with E-state index in [4.69, 9.17) is 21.3 Å². The van der Waals surface area contributed by atoms with E-state index in [0.717, 1.165) is 38.5 Å². The number of hydrogen-bond donors (Lipinski definition) is 1. The lowest BCUT2D eigenvalue weighted by molar-refractivity contribution is -0.160. The van der Waals surface area contributed by atoms with E-state index < -0.39 is 17.7 Å². The number of fused-ring (bicyclic) bond motifs is 3. The molecule has 0 spiro atoms. The Hall–Kier alpha value is -3.74. The lowest BCUT2D eigenvalue weighted by atomic mass is 9.91. The summed E-state index contributed by atoms with van der Waals surface area (Å²) in [7, 11) is 0. The normalized spacial score (nSPS) is 12.8. The zero-order chi connectivity index (χ0) is 28.1. The molecule has 0 unspecified atom stereocenters. The van der Waals surface area contributed by atoms with E-state index in [1.54, 1.807) is 12.1 Å². The van der Waals surface area contributed by atoms with E-state index in [0.29, 0.717) is 28.5 Å². The third-order valence-electron chi connectivity index (χ3n) is 6.73. The Balaban J connectivity index is 1.92. The minimum absolute atomic E-state index is 0.299. The molecule has 0 saturated carbocycles. The lowest BCUT2D eigenvalue weighted by Gasteiger charge is -2.28. The molecule has 200 valence electrons. The molecule has 1 atom stereocenters. The molecule has 0 amide bonds. The highest BCUT2D eigenvalue weighted by Gasteiger charge is 2.33. The van der Waals surface area contributed by atoms with Crippen LogP contribution in [0, 0.1) is 19.7 Å². The van der Waals surface area contributed by atoms with Gasteiger partial charge in [-0.15, -0.1) is 0 Å². The molecule has 7 heteroatoms. The zero-order valence-electron chi connectivity index (χ0n) is 22.5. The molecule has 5 aromatic rings. The van der Waals surface area contributed by atoms with Gasteiger partial charge >= 0.3 is 5.97 Å². The second-order valence-corrected chi connectivity index (χ2v) is 11.3. The van der Waals surface area contributed by atoms with Crippen molar-refractivity contribution in [1.82, 2.24) is 9.55 Å². The molecule has 39 heavy (non-hydrogen) atoms. The first kappa shape index (κ1) is 26.9. The molecule has 0 bridgehead atoms. The number of pyridine rings is 1. The van der Waals surface area contributed by atoms with Gasteiger partial charge in [-0.05, 0) is 76.1 Å². The fraction of sp³-hybridized carbons (Fsp3) is 0.250. The van der Waals surface area contributed by atoms with Gasteiger partial charge in [0, 0.05) is 39.2 Å². The van der Waals surface area contributed by atoms with Gasteiger partial charge in [0.15, 0.2) is 6.10 Å². The average molecular weight is 545 g/mol. The molecule has 2 aromatic heterocycles. The summed E-state index contributed by atoms with van der Waals surface area (Å²) in [6, 6.07) is 20.0. The number of carboxylic acid groups (broad SMARTS) is 1. The van der Waals surface area contributed by atoms with Gasteiger partial charge in [-0.2, -0.15) is 0 Å². The molecule has 0 aliphatic heterocycles. The van der Waals surface area contributed by atoms with Gasteiger partial charge in [-0.3, -0.25) is 0 Å². The molecule has 0 saturated heterocycles. The molecule has 0 aliphatic rings. The van der Waals surface area contributed by atoms with Crippen molar-refractivity contribution in [3.05, 3.63) is 100.0 Å². The highest BCUT2D eigenvalue weighted by Crippen LogP contribution is 2.44. The largest absolute Gasteiger partial charge is 0.479 e. The average Bonchev–Trinajstić information content (AvgIpc) is 3.15. The SMILES string of the molecule is Cc1ccc(-c2c([C@H](OC(C)(C)C)C(=O)O)c(C)nc3c2c2cc(Cl)ccc2n3Cc2ccc(F)cc2)cc1. The van der Waals surface area contributed by atoms with Crippen molar-refractivity contribution >= 4 is 39.5 Å². The van der Waals surface area contributed by atoms with Crippen molar-refractivity contribution in [1.29, 1.82) is 0 Å². The number of aromatic nitrogens is 2. The Labute approximate surface area is 231 Å². The van der Waals surface area contributed by atoms with Crippen LogP contribution in [0.15, 0.2) is 66.7 Å². The minimum Gasteiger partial charge on any atom is -0.479 e. The summed E-state index contributed by atoms with van der Waals surface area (Å²) < 4.78 is 21.9. The number of carboxylic acids is 1. The number of hydrogen-bond acceptors (Lipinski definition) is 3. The summed E-state index contributed by atoms with van der Waals surface area (Å²) in [5.41, 5.74) is 5.53. The van der Waals surface area contributed by atoms with E-state index in [1.807, 2.05) is 77.1 Å². The van der Waals surface area contributed by atoms with Gasteiger partial charge in [0.1, 0.15) is 11.5 Å². The molecule has 1 N–H and O–H groups in total. The summed E-state index contributed by atoms with van der Waals surface area (Å²) in [5.74, 6) is -1.39. The van der Waals surface area contributed by atoms with Crippen molar-refractivity contribution in [3.8, 4) is 11.1 Å². The van der Waals surface area contributed by atoms with E-state index in [2.05, 4.69) is 4.57 Å². The van der Waals surface area contributed by atoms with Crippen LogP contribution in [0.3, 0.4) is 0 Å². The van der Waals surface area contributed by atoms with E-state index in [1.165, 1.54) is 12.1 Å². The maximum atomic E-state index is 13.6. The quantitative estimate of drug-likeness (QED) is 0.234. The Kier molecular flexibility index (Phi) is 6.95. The molecule has 0 radical (unpaired) electrons. The van der Waals surface area contributed by atoms with Crippen LogP contribution in [-0.2, 0) is 16.1 Å². The predicted octanol–water partition coefficient (Wildman–Crippen LogP) is 8.25. The van der Waals surface area contributed by atoms with Crippen molar-refractivity contribution in [3.63, 3.8) is 0 Å². The molecule has 5 rings (SSSR count). The maximum absolute atomic E-state index is 13.6. The van der Waals surface area contributed by atoms with Gasteiger partial charge < -0.3 is 14.4 Å². The van der Waals surface area contributed by atoms with Crippen LogP contribution in [0.4, 0.5) is 4.39 Å². The van der Waals surface area contributed by atoms with Crippen LogP contribution in [-0.4, -0.2) is 26.2 Å². The summed E-state index contributed by atoms with van der Waals surface area (Å²) in [6.45, 7) is 9.79. The maximum Gasteiger partial charge on any atom is 0.337 e. The van der Waals surface area contributed by atoms with Crippen molar-refractivity contribution < 1.29 is 19.0 Å². The predicted molar refractivity (Wildman–Crippen MR) is 154 cm³/mol. The number of rotatable bonds is 6. The van der Waals surface area contributed by atoms with Gasteiger partial charge in [-0.1, -0.05) is 53.6 Å². The van der Waals surface area contributed by atoms with Crippen LogP contribution in [0.1, 0.15) is 49.3 Å². The van der Waals surface area contributed by atoms with E-state index in [9.17, 15) is 14.3 Å². The number of carbonyl (C=O) groups is 1. The van der Waals surface area contributed by atoms with Crippen LogP contribution in [0.5, 0.6) is 0 Å². The van der Waals surface area contributed by atoms with Gasteiger partial charge in [0.2, 0.25) is 0 Å². The molecule has 2 heterocycles. The second kappa shape index (κ2) is 10.1. The Morgan fingerprint density at radius 3 is 2.33 bits per heavy atom. The number of nitrogens with zero attached hydrogens (tertiary/aromatic N) is 2. The number of ether oxygens (including phenoxy) is 1. The summed E-state index contributed by atoms with van der Waals surface area (Å²) in [6.07, 6.45) is -1.24. The van der Waals surface area contributed by atoms with Gasteiger partial charge in [0.25, 0.3) is 0 Å². The molecular weight excluding hydrogens is 515 g/mol. The molecule has 0 aliphatic carbocycles. The first-order valence-electron chi connectivity index (χ1n) is 12.8. The number of aryl methyl sites for hydroxylation is 2. The van der Waals surface area contributed by atoms with Crippen molar-refractivity contribution in [2.75, 3.05) is 0 Å². The molecule has 5 nitrogen and oxygen atoms in total. The number of benzene rings is 3. The summed E-state index contributed by atoms with van der Waals surface area (Å²) in [4.78, 5) is 17.7. The fourth-order valence-corrected chi connectivity index (χ4v) is 5.24. The zero-order valence-corrected chi connectivity index (χ0v) is 23.3. The highest BCUT2D eigenvalue weighted by atomic mass is 35.5. The smallest absolute Gasteiger partial charge is 0.337 e. The minimum atomic E-state index is -1.24. The van der Waals surface area contributed by atoms with E-state index in [-0.39, 0.29) is 5.82 Å². The van der Waals surface area contributed by atoms with Crippen molar-refractivity contribution in [2.24, 2.45) is 0 Å². The topological polar surface area (TPSA) is 64.3 Å². The second-order valence-electron chi connectivity index (χ2n) is 10.9. The summed E-state index contributed by atoms with van der Waals surface area (Å²) in [5, 5.41) is 12.6. The molecule has 0 fully saturated rings. The highest BCUT2D eigenvalue weighted by molar-refractivity contribution is 6.32. The fourth-order valence-electron chi connectivity index (χ4n) is 5.07. The molecular formula is C32H30ClFN2O3. The van der Waals surface area contributed by atoms with Gasteiger partial charge in [0.05, 0.1) is 11.1 Å². The number of aliphatic carboxylic acids is 1. The van der Waals surface area contributed by atoms with Gasteiger partial charge in [-0.25, -0.2) is 14.2 Å². The third kappa shape index (κ3) is 5.27. The lowest BCUT2D eigenvalue weighted by Crippen LogP contribution is -2.28. The monoisotopic (exact) mass is 544 g/mol. The standard InChI is InChI=1S/C32H30ClFN2O3/c1-18-6-10-21(11-7-18)27-26(29(31(37)38)39-32(3,4)5)19(2)35-30-28(27)24-16-22(33)12-15-25(24)36(30)17-20-8-13-23(34)14-9-20/h6-16,29H,17H2,1-5H3,(H,37,38)/t29-/m0/s1. The first-order chi connectivity index (χ1) is 18.4. The third-order valence-corrected chi connectivity index (χ3v) is 6.97. The van der Waals surface area contributed by atoms with Crippen LogP contribution in [0.25, 0.3) is 33.1 Å². The Morgan fingerprint density at radius 2 is 1.72 bits per heavy atom. The Bertz CT molecular complexity index is 1700. The van der Waals surface area contributed by atoms with Crippen LogP contribution >= 0.6 is 11.6 Å². The van der Waals surface area contributed by atoms with Crippen LogP contribution in [0.2, 0.25) is 5.02 Å². The van der Waals surface area contributed by atoms with E-state index >= 15 is 0 Å². The van der Waals surface area contributed by atoms with Crippen molar-refractivity contribution in [2.45, 2.75) is 52.9 Å².